The molecule has 1 aliphatic rings. The molecule has 1 saturated heterocycles. The van der Waals surface area contributed by atoms with Crippen LogP contribution in [0.1, 0.15) is 23.3 Å². The van der Waals surface area contributed by atoms with Crippen molar-refractivity contribution in [3.63, 3.8) is 0 Å². The molecule has 26 heavy (non-hydrogen) atoms. The summed E-state index contributed by atoms with van der Waals surface area (Å²) in [5, 5.41) is 6.27. The number of nitrogens with one attached hydrogen (secondary N) is 2. The Morgan fingerprint density at radius 2 is 1.92 bits per heavy atom. The maximum atomic E-state index is 12.8. The fraction of sp³-hybridized carbons (Fsp3) is 0.412. The third-order valence-corrected chi connectivity index (χ3v) is 7.46. The van der Waals surface area contributed by atoms with E-state index in [1.165, 1.54) is 11.3 Å². The number of sulfone groups is 1. The molecule has 1 aromatic carbocycles. The van der Waals surface area contributed by atoms with Gasteiger partial charge in [-0.25, -0.2) is 13.4 Å². The van der Waals surface area contributed by atoms with E-state index in [1.54, 1.807) is 6.20 Å². The fourth-order valence-electron chi connectivity index (χ4n) is 3.05. The van der Waals surface area contributed by atoms with E-state index in [-0.39, 0.29) is 25.2 Å². The van der Waals surface area contributed by atoms with Crippen LogP contribution in [-0.4, -0.2) is 43.4 Å². The Bertz CT molecular complexity index is 847. The molecule has 0 spiro atoms. The largest absolute Gasteiger partial charge is 0.317 e. The van der Waals surface area contributed by atoms with Crippen LogP contribution in [0.2, 0.25) is 0 Å². The number of anilines is 1. The van der Waals surface area contributed by atoms with E-state index in [1.807, 2.05) is 30.3 Å². The molecule has 142 valence electrons. The molecule has 0 bridgehead atoms. The number of carbonyl (C=O) groups is 1. The van der Waals surface area contributed by atoms with Gasteiger partial charge in [0.05, 0.1) is 0 Å². The van der Waals surface area contributed by atoms with Crippen molar-refractivity contribution in [1.82, 2.24) is 10.3 Å². The quantitative estimate of drug-likeness (QED) is 0.781. The minimum absolute atomic E-state index is 0. The van der Waals surface area contributed by atoms with Crippen LogP contribution in [0.3, 0.4) is 0 Å². The maximum Gasteiger partial charge on any atom is 0.247 e. The Hall–Kier alpha value is -1.48. The Balaban J connectivity index is 0.00000243. The summed E-state index contributed by atoms with van der Waals surface area (Å²) in [4.78, 5) is 18.0. The fourth-order valence-corrected chi connectivity index (χ4v) is 5.23. The Labute approximate surface area is 163 Å². The van der Waals surface area contributed by atoms with E-state index >= 15 is 0 Å². The standard InChI is InChI=1S/C17H21N3O3S2.ClH/c1-25(22,23)17(7-9-18-10-8-17)15(21)20-16-19-12-14(24-16)11-13-5-3-2-4-6-13;/h2-6,12,18H,7-11H2,1H3,(H,19,20,21);1H. The van der Waals surface area contributed by atoms with Crippen molar-refractivity contribution in [1.29, 1.82) is 0 Å². The smallest absolute Gasteiger partial charge is 0.247 e. The first-order chi connectivity index (χ1) is 11.9. The van der Waals surface area contributed by atoms with Gasteiger partial charge in [0.25, 0.3) is 0 Å². The molecule has 0 atom stereocenters. The molecule has 0 radical (unpaired) electrons. The first kappa shape index (κ1) is 20.8. The average molecular weight is 416 g/mol. The second-order valence-corrected chi connectivity index (χ2v) is 9.71. The molecular weight excluding hydrogens is 394 g/mol. The molecule has 1 aromatic heterocycles. The Morgan fingerprint density at radius 1 is 1.27 bits per heavy atom. The molecule has 0 aliphatic carbocycles. The van der Waals surface area contributed by atoms with Gasteiger partial charge < -0.3 is 10.6 Å². The van der Waals surface area contributed by atoms with Crippen molar-refractivity contribution in [3.05, 3.63) is 47.0 Å². The highest BCUT2D eigenvalue weighted by molar-refractivity contribution is 7.92. The van der Waals surface area contributed by atoms with Gasteiger partial charge in [0.2, 0.25) is 5.91 Å². The van der Waals surface area contributed by atoms with Crippen molar-refractivity contribution in [2.75, 3.05) is 24.7 Å². The zero-order chi connectivity index (χ0) is 17.9. The first-order valence-corrected chi connectivity index (χ1v) is 10.8. The first-order valence-electron chi connectivity index (χ1n) is 8.11. The van der Waals surface area contributed by atoms with Gasteiger partial charge >= 0.3 is 0 Å². The third kappa shape index (κ3) is 4.43. The summed E-state index contributed by atoms with van der Waals surface area (Å²) >= 11 is 1.38. The predicted octanol–water partition coefficient (Wildman–Crippen LogP) is 2.26. The lowest BCUT2D eigenvalue weighted by molar-refractivity contribution is -0.119. The number of halogens is 1. The molecule has 2 heterocycles. The second kappa shape index (κ2) is 8.47. The molecule has 6 nitrogen and oxygen atoms in total. The minimum atomic E-state index is -3.52. The Morgan fingerprint density at radius 3 is 2.54 bits per heavy atom. The molecule has 1 fully saturated rings. The van der Waals surface area contributed by atoms with Gasteiger partial charge in [-0.15, -0.1) is 23.7 Å². The topological polar surface area (TPSA) is 88.2 Å². The van der Waals surface area contributed by atoms with Crippen LogP contribution in [-0.2, 0) is 21.1 Å². The zero-order valence-electron chi connectivity index (χ0n) is 14.4. The van der Waals surface area contributed by atoms with Crippen LogP contribution in [0.4, 0.5) is 5.13 Å². The molecular formula is C17H22ClN3O3S2. The summed E-state index contributed by atoms with van der Waals surface area (Å²) in [5.74, 6) is -0.475. The van der Waals surface area contributed by atoms with Gasteiger partial charge in [-0.1, -0.05) is 30.3 Å². The molecule has 0 unspecified atom stereocenters. The van der Waals surface area contributed by atoms with Crippen molar-refractivity contribution < 1.29 is 13.2 Å². The van der Waals surface area contributed by atoms with Crippen LogP contribution in [0.15, 0.2) is 36.5 Å². The number of hydrogen-bond acceptors (Lipinski definition) is 6. The van der Waals surface area contributed by atoms with Crippen LogP contribution >= 0.6 is 23.7 Å². The molecule has 2 N–H and O–H groups in total. The summed E-state index contributed by atoms with van der Waals surface area (Å²) in [6, 6.07) is 9.99. The van der Waals surface area contributed by atoms with E-state index < -0.39 is 20.5 Å². The normalized spacial score (nSPS) is 16.5. The molecule has 0 saturated carbocycles. The van der Waals surface area contributed by atoms with Crippen LogP contribution in [0.5, 0.6) is 0 Å². The summed E-state index contributed by atoms with van der Waals surface area (Å²) < 4.78 is 23.2. The van der Waals surface area contributed by atoms with Gasteiger partial charge in [-0.05, 0) is 31.5 Å². The number of nitrogens with zero attached hydrogens (tertiary/aromatic N) is 1. The van der Waals surface area contributed by atoms with Crippen molar-refractivity contribution in [2.45, 2.75) is 24.0 Å². The minimum Gasteiger partial charge on any atom is -0.317 e. The summed E-state index contributed by atoms with van der Waals surface area (Å²) in [5.41, 5.74) is 1.16. The molecule has 2 aromatic rings. The number of piperidine rings is 1. The van der Waals surface area contributed by atoms with Crippen LogP contribution in [0.25, 0.3) is 0 Å². The number of carbonyl (C=O) groups excluding carboxylic acids is 1. The molecule has 9 heteroatoms. The number of amides is 1. The monoisotopic (exact) mass is 415 g/mol. The number of benzene rings is 1. The molecule has 1 amide bonds. The van der Waals surface area contributed by atoms with E-state index in [0.717, 1.165) is 23.1 Å². The highest BCUT2D eigenvalue weighted by atomic mass is 35.5. The van der Waals surface area contributed by atoms with Crippen molar-refractivity contribution in [2.24, 2.45) is 0 Å². The molecule has 1 aliphatic heterocycles. The number of aromatic nitrogens is 1. The van der Waals surface area contributed by atoms with Gasteiger partial charge in [-0.2, -0.15) is 0 Å². The molecule has 3 rings (SSSR count). The van der Waals surface area contributed by atoms with Crippen molar-refractivity contribution >= 4 is 44.6 Å². The van der Waals surface area contributed by atoms with Crippen LogP contribution < -0.4 is 10.6 Å². The lowest BCUT2D eigenvalue weighted by atomic mass is 9.96. The highest BCUT2D eigenvalue weighted by Crippen LogP contribution is 2.30. The van der Waals surface area contributed by atoms with Gasteiger partial charge in [-0.3, -0.25) is 4.79 Å². The number of rotatable bonds is 5. The second-order valence-electron chi connectivity index (χ2n) is 6.26. The lowest BCUT2D eigenvalue weighted by Crippen LogP contribution is -2.55. The summed E-state index contributed by atoms with van der Waals surface area (Å²) in [6.07, 6.45) is 4.15. The van der Waals surface area contributed by atoms with Crippen LogP contribution in [0, 0.1) is 0 Å². The Kier molecular flexibility index (Phi) is 6.79. The highest BCUT2D eigenvalue weighted by Gasteiger charge is 2.48. The van der Waals surface area contributed by atoms with E-state index in [0.29, 0.717) is 18.2 Å². The predicted molar refractivity (Wildman–Crippen MR) is 107 cm³/mol. The average Bonchev–Trinajstić information content (AvgIpc) is 3.02. The summed E-state index contributed by atoms with van der Waals surface area (Å²) in [7, 11) is -3.52. The number of thiazole rings is 1. The van der Waals surface area contributed by atoms with Crippen molar-refractivity contribution in [3.8, 4) is 0 Å². The summed E-state index contributed by atoms with van der Waals surface area (Å²) in [6.45, 7) is 1.02. The zero-order valence-corrected chi connectivity index (χ0v) is 16.8. The van der Waals surface area contributed by atoms with Gasteiger partial charge in [0.15, 0.2) is 19.7 Å². The van der Waals surface area contributed by atoms with E-state index in [2.05, 4.69) is 15.6 Å². The number of hydrogen-bond donors (Lipinski definition) is 2. The van der Waals surface area contributed by atoms with E-state index in [4.69, 9.17) is 0 Å². The van der Waals surface area contributed by atoms with E-state index in [9.17, 15) is 13.2 Å². The lowest BCUT2D eigenvalue weighted by Gasteiger charge is -2.33. The van der Waals surface area contributed by atoms with Gasteiger partial charge in [0.1, 0.15) is 0 Å². The third-order valence-electron chi connectivity index (χ3n) is 4.53. The maximum absolute atomic E-state index is 12.8. The van der Waals surface area contributed by atoms with Gasteiger partial charge in [0, 0.05) is 23.8 Å². The SMILES string of the molecule is CS(=O)(=O)C1(C(=O)Nc2ncc(Cc3ccccc3)s2)CCNCC1.Cl.